The minimum Gasteiger partial charge on any atom is -0.478 e. The van der Waals surface area contributed by atoms with Crippen molar-refractivity contribution in [1.29, 1.82) is 0 Å². The molecule has 0 saturated heterocycles. The lowest BCUT2D eigenvalue weighted by Crippen LogP contribution is -1.98. The molecule has 0 radical (unpaired) electrons. The van der Waals surface area contributed by atoms with E-state index in [0.717, 1.165) is 24.6 Å². The maximum Gasteiger partial charge on any atom is 0.331 e. The SMILES string of the molecule is CC/C(=C\CCCCBr)C(=O)O. The molecule has 0 spiro atoms. The number of hydrogen-bond acceptors (Lipinski definition) is 1. The van der Waals surface area contributed by atoms with Crippen LogP contribution in [0.1, 0.15) is 32.6 Å². The highest BCUT2D eigenvalue weighted by Gasteiger charge is 2.01. The van der Waals surface area contributed by atoms with Gasteiger partial charge >= 0.3 is 5.97 Å². The summed E-state index contributed by atoms with van der Waals surface area (Å²) in [7, 11) is 0. The number of hydrogen-bond donors (Lipinski definition) is 1. The third-order valence-corrected chi connectivity index (χ3v) is 2.19. The summed E-state index contributed by atoms with van der Waals surface area (Å²) < 4.78 is 0. The highest BCUT2D eigenvalue weighted by Crippen LogP contribution is 2.06. The summed E-state index contributed by atoms with van der Waals surface area (Å²) in [5.41, 5.74) is 0.532. The van der Waals surface area contributed by atoms with Crippen LogP contribution in [0.25, 0.3) is 0 Å². The van der Waals surface area contributed by atoms with Gasteiger partial charge in [-0.25, -0.2) is 4.79 Å². The van der Waals surface area contributed by atoms with Gasteiger partial charge in [0.05, 0.1) is 0 Å². The van der Waals surface area contributed by atoms with E-state index in [-0.39, 0.29) is 0 Å². The Kier molecular flexibility index (Phi) is 7.16. The van der Waals surface area contributed by atoms with Crippen molar-refractivity contribution in [2.75, 3.05) is 5.33 Å². The van der Waals surface area contributed by atoms with Gasteiger partial charge in [0.25, 0.3) is 0 Å². The summed E-state index contributed by atoms with van der Waals surface area (Å²) in [5.74, 6) is -0.781. The van der Waals surface area contributed by atoms with Gasteiger partial charge in [-0.15, -0.1) is 0 Å². The summed E-state index contributed by atoms with van der Waals surface area (Å²) in [5, 5.41) is 9.65. The Morgan fingerprint density at radius 2 is 2.17 bits per heavy atom. The predicted octanol–water partition coefficient (Wildman–Crippen LogP) is 2.97. The summed E-state index contributed by atoms with van der Waals surface area (Å²) in [6.07, 6.45) is 5.48. The average molecular weight is 235 g/mol. The molecular formula is C9H15BrO2. The Morgan fingerprint density at radius 1 is 1.50 bits per heavy atom. The number of rotatable bonds is 6. The third-order valence-electron chi connectivity index (χ3n) is 1.63. The first-order valence-electron chi connectivity index (χ1n) is 4.20. The van der Waals surface area contributed by atoms with Crippen molar-refractivity contribution in [1.82, 2.24) is 0 Å². The van der Waals surface area contributed by atoms with E-state index in [2.05, 4.69) is 15.9 Å². The van der Waals surface area contributed by atoms with Crippen LogP contribution in [-0.2, 0) is 4.79 Å². The summed E-state index contributed by atoms with van der Waals surface area (Å²) in [4.78, 5) is 10.5. The molecule has 0 amide bonds. The molecule has 3 heteroatoms. The normalized spacial score (nSPS) is 11.7. The predicted molar refractivity (Wildman–Crippen MR) is 53.7 cm³/mol. The molecular weight excluding hydrogens is 220 g/mol. The second-order valence-electron chi connectivity index (χ2n) is 2.57. The second kappa shape index (κ2) is 7.35. The van der Waals surface area contributed by atoms with E-state index < -0.39 is 5.97 Å². The molecule has 0 aromatic rings. The average Bonchev–Trinajstić information content (AvgIpc) is 2.04. The first-order valence-corrected chi connectivity index (χ1v) is 5.32. The van der Waals surface area contributed by atoms with Gasteiger partial charge < -0.3 is 5.11 Å². The first kappa shape index (κ1) is 11.7. The fourth-order valence-corrected chi connectivity index (χ4v) is 1.29. The zero-order chi connectivity index (χ0) is 9.40. The lowest BCUT2D eigenvalue weighted by molar-refractivity contribution is -0.132. The number of carbonyl (C=O) groups is 1. The Morgan fingerprint density at radius 3 is 2.58 bits per heavy atom. The molecule has 0 saturated carbocycles. The highest BCUT2D eigenvalue weighted by atomic mass is 79.9. The number of carboxylic acid groups (broad SMARTS) is 1. The summed E-state index contributed by atoms with van der Waals surface area (Å²) in [6.45, 7) is 1.87. The van der Waals surface area contributed by atoms with Crippen LogP contribution >= 0.6 is 15.9 Å². The number of alkyl halides is 1. The minimum atomic E-state index is -0.781. The molecule has 0 aromatic heterocycles. The van der Waals surface area contributed by atoms with Crippen molar-refractivity contribution < 1.29 is 9.90 Å². The van der Waals surface area contributed by atoms with Crippen molar-refractivity contribution in [3.63, 3.8) is 0 Å². The van der Waals surface area contributed by atoms with Gasteiger partial charge in [0.2, 0.25) is 0 Å². The molecule has 1 N–H and O–H groups in total. The van der Waals surface area contributed by atoms with Gasteiger partial charge in [-0.2, -0.15) is 0 Å². The van der Waals surface area contributed by atoms with E-state index in [1.165, 1.54) is 0 Å². The molecule has 0 aliphatic heterocycles. The fraction of sp³-hybridized carbons (Fsp3) is 0.667. The molecule has 12 heavy (non-hydrogen) atoms. The van der Waals surface area contributed by atoms with Crippen molar-refractivity contribution in [3.05, 3.63) is 11.6 Å². The smallest absolute Gasteiger partial charge is 0.331 e. The molecule has 70 valence electrons. The van der Waals surface area contributed by atoms with E-state index in [9.17, 15) is 4.79 Å². The quantitative estimate of drug-likeness (QED) is 0.436. The van der Waals surface area contributed by atoms with Crippen molar-refractivity contribution in [3.8, 4) is 0 Å². The van der Waals surface area contributed by atoms with Gasteiger partial charge in [-0.05, 0) is 25.7 Å². The van der Waals surface area contributed by atoms with Crippen LogP contribution in [0.3, 0.4) is 0 Å². The highest BCUT2D eigenvalue weighted by molar-refractivity contribution is 9.09. The number of allylic oxidation sites excluding steroid dienone is 1. The van der Waals surface area contributed by atoms with Crippen molar-refractivity contribution >= 4 is 21.9 Å². The monoisotopic (exact) mass is 234 g/mol. The molecule has 0 rings (SSSR count). The molecule has 2 nitrogen and oxygen atoms in total. The summed E-state index contributed by atoms with van der Waals surface area (Å²) in [6, 6.07) is 0. The van der Waals surface area contributed by atoms with Gasteiger partial charge in [-0.1, -0.05) is 28.9 Å². The number of halogens is 1. The fourth-order valence-electron chi connectivity index (χ4n) is 0.898. The van der Waals surface area contributed by atoms with Crippen LogP contribution in [-0.4, -0.2) is 16.4 Å². The maximum atomic E-state index is 10.5. The Balaban J connectivity index is 3.71. The van der Waals surface area contributed by atoms with Crippen molar-refractivity contribution in [2.24, 2.45) is 0 Å². The molecule has 0 atom stereocenters. The Labute approximate surface area is 81.8 Å². The summed E-state index contributed by atoms with van der Waals surface area (Å²) >= 11 is 3.33. The van der Waals surface area contributed by atoms with Crippen LogP contribution in [0.4, 0.5) is 0 Å². The Hall–Kier alpha value is -0.310. The largest absolute Gasteiger partial charge is 0.478 e. The molecule has 0 bridgehead atoms. The van der Waals surface area contributed by atoms with Crippen LogP contribution in [0.2, 0.25) is 0 Å². The lowest BCUT2D eigenvalue weighted by atomic mass is 10.1. The molecule has 0 aliphatic carbocycles. The zero-order valence-corrected chi connectivity index (χ0v) is 8.93. The third kappa shape index (κ3) is 5.35. The van der Waals surface area contributed by atoms with Crippen LogP contribution in [0, 0.1) is 0 Å². The van der Waals surface area contributed by atoms with Crippen LogP contribution in [0.5, 0.6) is 0 Å². The second-order valence-corrected chi connectivity index (χ2v) is 3.37. The molecule has 0 fully saturated rings. The molecule has 0 aliphatic rings. The Bertz CT molecular complexity index is 164. The van der Waals surface area contributed by atoms with Gasteiger partial charge in [0.1, 0.15) is 0 Å². The minimum absolute atomic E-state index is 0.532. The molecule has 0 heterocycles. The van der Waals surface area contributed by atoms with Crippen molar-refractivity contribution in [2.45, 2.75) is 32.6 Å². The van der Waals surface area contributed by atoms with E-state index in [1.807, 2.05) is 13.0 Å². The van der Waals surface area contributed by atoms with E-state index in [1.54, 1.807) is 0 Å². The zero-order valence-electron chi connectivity index (χ0n) is 7.35. The van der Waals surface area contributed by atoms with Crippen LogP contribution < -0.4 is 0 Å². The number of unbranched alkanes of at least 4 members (excludes halogenated alkanes) is 2. The topological polar surface area (TPSA) is 37.3 Å². The van der Waals surface area contributed by atoms with Crippen LogP contribution in [0.15, 0.2) is 11.6 Å². The number of aliphatic carboxylic acids is 1. The maximum absolute atomic E-state index is 10.5. The lowest BCUT2D eigenvalue weighted by Gasteiger charge is -1.97. The van der Waals surface area contributed by atoms with Gasteiger partial charge in [-0.3, -0.25) is 0 Å². The van der Waals surface area contributed by atoms with Gasteiger partial charge in [0, 0.05) is 10.9 Å². The van der Waals surface area contributed by atoms with E-state index >= 15 is 0 Å². The molecule has 0 aromatic carbocycles. The van der Waals surface area contributed by atoms with E-state index in [4.69, 9.17) is 5.11 Å². The first-order chi connectivity index (χ1) is 5.72. The molecule has 0 unspecified atom stereocenters. The standard InChI is InChI=1S/C9H15BrO2/c1-2-8(9(11)12)6-4-3-5-7-10/h6H,2-5,7H2,1H3,(H,11,12)/b8-6+. The van der Waals surface area contributed by atoms with E-state index in [0.29, 0.717) is 12.0 Å². The van der Waals surface area contributed by atoms with Gasteiger partial charge in [0.15, 0.2) is 0 Å². The number of carboxylic acids is 1.